The van der Waals surface area contributed by atoms with Crippen molar-refractivity contribution in [3.05, 3.63) is 47.3 Å². The molecule has 1 amide bonds. The molecule has 0 aliphatic rings. The van der Waals surface area contributed by atoms with E-state index in [0.29, 0.717) is 18.1 Å². The largest absolute Gasteiger partial charge is 0.352 e. The smallest absolute Gasteiger partial charge is 0.254 e. The van der Waals surface area contributed by atoms with Gasteiger partial charge >= 0.3 is 0 Å². The molecule has 0 aliphatic heterocycles. The molecule has 0 fully saturated rings. The van der Waals surface area contributed by atoms with Gasteiger partial charge in [0.05, 0.1) is 5.56 Å². The minimum Gasteiger partial charge on any atom is -0.352 e. The Bertz CT molecular complexity index is 682. The lowest BCUT2D eigenvalue weighted by atomic mass is 10.1. The number of nitrogens with one attached hydrogen (secondary N) is 2. The van der Waals surface area contributed by atoms with Gasteiger partial charge in [-0.3, -0.25) is 4.79 Å². The van der Waals surface area contributed by atoms with Gasteiger partial charge in [0.25, 0.3) is 5.91 Å². The predicted molar refractivity (Wildman–Crippen MR) is 96.7 cm³/mol. The zero-order valence-electron chi connectivity index (χ0n) is 14.8. The van der Waals surface area contributed by atoms with Crippen LogP contribution in [0, 0.1) is 13.8 Å². The molecule has 6 heteroatoms. The van der Waals surface area contributed by atoms with Crippen molar-refractivity contribution in [3.63, 3.8) is 0 Å². The Labute approximate surface area is 143 Å². The maximum atomic E-state index is 12.0. The highest BCUT2D eigenvalue weighted by Crippen LogP contribution is 2.17. The predicted octanol–water partition coefficient (Wildman–Crippen LogP) is 2.52. The zero-order valence-corrected chi connectivity index (χ0v) is 14.8. The molecule has 0 unspecified atom stereocenters. The fourth-order valence-electron chi connectivity index (χ4n) is 2.16. The summed E-state index contributed by atoms with van der Waals surface area (Å²) in [7, 11) is 4.02. The molecule has 1 aromatic heterocycles. The molecular formula is C18H25N5O. The van der Waals surface area contributed by atoms with Crippen LogP contribution in [0.3, 0.4) is 0 Å². The lowest BCUT2D eigenvalue weighted by Gasteiger charge is -2.10. The standard InChI is InChI=1S/C18H25N5O/c1-13-6-7-16(10-14(13)2)22-18-20-11-15(12-21-18)17(24)19-8-5-9-23(3)4/h6-7,10-12H,5,8-9H2,1-4H3,(H,19,24)(H,20,21,22). The van der Waals surface area contributed by atoms with Crippen molar-refractivity contribution in [2.24, 2.45) is 0 Å². The summed E-state index contributed by atoms with van der Waals surface area (Å²) in [5, 5.41) is 6.01. The Hall–Kier alpha value is -2.47. The van der Waals surface area contributed by atoms with E-state index < -0.39 is 0 Å². The summed E-state index contributed by atoms with van der Waals surface area (Å²) in [6.45, 7) is 5.71. The summed E-state index contributed by atoms with van der Waals surface area (Å²) in [5.41, 5.74) is 3.83. The number of nitrogens with zero attached hydrogens (tertiary/aromatic N) is 3. The Balaban J connectivity index is 1.90. The fourth-order valence-corrected chi connectivity index (χ4v) is 2.16. The van der Waals surface area contributed by atoms with Crippen LogP contribution >= 0.6 is 0 Å². The third-order valence-corrected chi connectivity index (χ3v) is 3.74. The molecule has 2 N–H and O–H groups in total. The minimum absolute atomic E-state index is 0.147. The first-order chi connectivity index (χ1) is 11.5. The van der Waals surface area contributed by atoms with Gasteiger partial charge in [-0.2, -0.15) is 0 Å². The van der Waals surface area contributed by atoms with E-state index in [2.05, 4.69) is 39.3 Å². The Morgan fingerprint density at radius 1 is 1.12 bits per heavy atom. The molecular weight excluding hydrogens is 302 g/mol. The van der Waals surface area contributed by atoms with Gasteiger partial charge in [-0.25, -0.2) is 9.97 Å². The number of benzene rings is 1. The van der Waals surface area contributed by atoms with Crippen LogP contribution in [0.15, 0.2) is 30.6 Å². The van der Waals surface area contributed by atoms with Crippen LogP contribution in [0.25, 0.3) is 0 Å². The van der Waals surface area contributed by atoms with Gasteiger partial charge in [-0.1, -0.05) is 6.07 Å². The Morgan fingerprint density at radius 2 is 1.83 bits per heavy atom. The summed E-state index contributed by atoms with van der Waals surface area (Å²) in [6, 6.07) is 6.08. The van der Waals surface area contributed by atoms with Gasteiger partial charge in [-0.15, -0.1) is 0 Å². The second-order valence-corrected chi connectivity index (χ2v) is 6.13. The molecule has 2 rings (SSSR count). The molecule has 6 nitrogen and oxygen atoms in total. The number of amides is 1. The maximum Gasteiger partial charge on any atom is 0.254 e. The molecule has 1 aromatic carbocycles. The molecule has 0 spiro atoms. The summed E-state index contributed by atoms with van der Waals surface area (Å²) in [4.78, 5) is 22.5. The summed E-state index contributed by atoms with van der Waals surface area (Å²) >= 11 is 0. The quantitative estimate of drug-likeness (QED) is 0.765. The Morgan fingerprint density at radius 3 is 2.46 bits per heavy atom. The number of anilines is 2. The third-order valence-electron chi connectivity index (χ3n) is 3.74. The molecule has 0 radical (unpaired) electrons. The SMILES string of the molecule is Cc1ccc(Nc2ncc(C(=O)NCCCN(C)C)cn2)cc1C. The number of aromatic nitrogens is 2. The van der Waals surface area contributed by atoms with Crippen LogP contribution in [-0.2, 0) is 0 Å². The first kappa shape index (κ1) is 17.9. The molecule has 128 valence electrons. The second kappa shape index (κ2) is 8.40. The van der Waals surface area contributed by atoms with E-state index in [1.807, 2.05) is 32.3 Å². The van der Waals surface area contributed by atoms with E-state index in [4.69, 9.17) is 0 Å². The number of hydrogen-bond acceptors (Lipinski definition) is 5. The molecule has 0 bridgehead atoms. The van der Waals surface area contributed by atoms with Gasteiger partial charge in [0.1, 0.15) is 0 Å². The van der Waals surface area contributed by atoms with Crippen LogP contribution in [0.5, 0.6) is 0 Å². The first-order valence-electron chi connectivity index (χ1n) is 8.05. The van der Waals surface area contributed by atoms with Crippen LogP contribution in [0.2, 0.25) is 0 Å². The normalized spacial score (nSPS) is 10.7. The molecule has 0 atom stereocenters. The van der Waals surface area contributed by atoms with Crippen LogP contribution in [-0.4, -0.2) is 48.0 Å². The van der Waals surface area contributed by atoms with E-state index in [9.17, 15) is 4.79 Å². The van der Waals surface area contributed by atoms with Crippen molar-refractivity contribution < 1.29 is 4.79 Å². The summed E-state index contributed by atoms with van der Waals surface area (Å²) in [6.07, 6.45) is 3.99. The van der Waals surface area contributed by atoms with Crippen molar-refractivity contribution >= 4 is 17.5 Å². The lowest BCUT2D eigenvalue weighted by Crippen LogP contribution is -2.27. The van der Waals surface area contributed by atoms with Gasteiger partial charge < -0.3 is 15.5 Å². The van der Waals surface area contributed by atoms with Crippen molar-refractivity contribution in [1.82, 2.24) is 20.2 Å². The third kappa shape index (κ3) is 5.31. The molecule has 24 heavy (non-hydrogen) atoms. The molecule has 0 aliphatic carbocycles. The molecule has 2 aromatic rings. The van der Waals surface area contributed by atoms with Gasteiger partial charge in [0.2, 0.25) is 5.95 Å². The highest BCUT2D eigenvalue weighted by molar-refractivity contribution is 5.93. The van der Waals surface area contributed by atoms with Gasteiger partial charge in [0, 0.05) is 24.6 Å². The molecule has 0 saturated heterocycles. The monoisotopic (exact) mass is 327 g/mol. The number of aryl methyl sites for hydroxylation is 2. The van der Waals surface area contributed by atoms with E-state index in [0.717, 1.165) is 18.7 Å². The number of carbonyl (C=O) groups excluding carboxylic acids is 1. The highest BCUT2D eigenvalue weighted by atomic mass is 16.1. The zero-order chi connectivity index (χ0) is 17.5. The van der Waals surface area contributed by atoms with Crippen molar-refractivity contribution in [1.29, 1.82) is 0 Å². The number of carbonyl (C=O) groups is 1. The summed E-state index contributed by atoms with van der Waals surface area (Å²) < 4.78 is 0. The van der Waals surface area contributed by atoms with Crippen molar-refractivity contribution in [2.75, 3.05) is 32.5 Å². The summed E-state index contributed by atoms with van der Waals surface area (Å²) in [5.74, 6) is 0.328. The maximum absolute atomic E-state index is 12.0. The minimum atomic E-state index is -0.147. The van der Waals surface area contributed by atoms with E-state index in [-0.39, 0.29) is 5.91 Å². The van der Waals surface area contributed by atoms with Gasteiger partial charge in [0.15, 0.2) is 0 Å². The van der Waals surface area contributed by atoms with Crippen molar-refractivity contribution in [2.45, 2.75) is 20.3 Å². The van der Waals surface area contributed by atoms with E-state index in [1.165, 1.54) is 23.5 Å². The number of hydrogen-bond donors (Lipinski definition) is 2. The highest BCUT2D eigenvalue weighted by Gasteiger charge is 2.07. The van der Waals surface area contributed by atoms with Crippen molar-refractivity contribution in [3.8, 4) is 0 Å². The Kier molecular flexibility index (Phi) is 6.26. The molecule has 1 heterocycles. The topological polar surface area (TPSA) is 70.2 Å². The number of rotatable bonds is 7. The van der Waals surface area contributed by atoms with E-state index >= 15 is 0 Å². The second-order valence-electron chi connectivity index (χ2n) is 6.13. The van der Waals surface area contributed by atoms with Gasteiger partial charge in [-0.05, 0) is 64.2 Å². The first-order valence-corrected chi connectivity index (χ1v) is 8.05. The lowest BCUT2D eigenvalue weighted by molar-refractivity contribution is 0.0951. The molecule has 0 saturated carbocycles. The fraction of sp³-hybridized carbons (Fsp3) is 0.389. The van der Waals surface area contributed by atoms with Crippen LogP contribution < -0.4 is 10.6 Å². The average Bonchev–Trinajstić information content (AvgIpc) is 2.55. The van der Waals surface area contributed by atoms with Crippen LogP contribution in [0.4, 0.5) is 11.6 Å². The van der Waals surface area contributed by atoms with E-state index in [1.54, 1.807) is 0 Å². The van der Waals surface area contributed by atoms with Crippen LogP contribution in [0.1, 0.15) is 27.9 Å². The average molecular weight is 327 g/mol.